The molecule has 0 amide bonds. The number of fused-ring (bicyclic) bond motifs is 1. The SMILES string of the molecule is CC1CN(c2cc(=O)n(C)c3ncccc23)CC(CN2CC(c3ccc(N4CCNCC4)cc3)C2)O1. The number of benzene rings is 1. The zero-order chi connectivity index (χ0) is 24.6. The summed E-state index contributed by atoms with van der Waals surface area (Å²) in [5.74, 6) is 0.589. The number of hydrogen-bond acceptors (Lipinski definition) is 7. The third kappa shape index (κ3) is 4.61. The molecule has 3 fully saturated rings. The summed E-state index contributed by atoms with van der Waals surface area (Å²) < 4.78 is 7.96. The van der Waals surface area contributed by atoms with Gasteiger partial charge < -0.3 is 19.9 Å². The molecule has 5 heterocycles. The van der Waals surface area contributed by atoms with E-state index in [0.29, 0.717) is 5.92 Å². The van der Waals surface area contributed by atoms with Crippen molar-refractivity contribution in [2.75, 3.05) is 68.7 Å². The Bertz CT molecular complexity index is 1260. The zero-order valence-corrected chi connectivity index (χ0v) is 21.3. The van der Waals surface area contributed by atoms with E-state index >= 15 is 0 Å². The highest BCUT2D eigenvalue weighted by Gasteiger charge is 2.33. The zero-order valence-electron chi connectivity index (χ0n) is 21.3. The highest BCUT2D eigenvalue weighted by Crippen LogP contribution is 2.31. The first-order valence-electron chi connectivity index (χ1n) is 13.2. The van der Waals surface area contributed by atoms with Gasteiger partial charge in [-0.3, -0.25) is 14.3 Å². The molecule has 8 nitrogen and oxygen atoms in total. The molecule has 0 spiro atoms. The van der Waals surface area contributed by atoms with Crippen LogP contribution in [-0.2, 0) is 11.8 Å². The summed E-state index contributed by atoms with van der Waals surface area (Å²) >= 11 is 0. The Balaban J connectivity index is 1.09. The molecule has 0 radical (unpaired) electrons. The predicted molar refractivity (Wildman–Crippen MR) is 144 cm³/mol. The Hall–Kier alpha value is -2.94. The summed E-state index contributed by atoms with van der Waals surface area (Å²) in [5.41, 5.74) is 4.43. The van der Waals surface area contributed by atoms with Gasteiger partial charge in [-0.05, 0) is 36.8 Å². The highest BCUT2D eigenvalue weighted by molar-refractivity contribution is 5.89. The molecule has 0 saturated carbocycles. The van der Waals surface area contributed by atoms with Crippen LogP contribution in [0, 0.1) is 0 Å². The van der Waals surface area contributed by atoms with E-state index in [-0.39, 0.29) is 17.8 Å². The quantitative estimate of drug-likeness (QED) is 0.590. The number of morpholine rings is 1. The van der Waals surface area contributed by atoms with Gasteiger partial charge in [-0.15, -0.1) is 0 Å². The number of anilines is 2. The van der Waals surface area contributed by atoms with Crippen molar-refractivity contribution in [3.05, 3.63) is 64.6 Å². The van der Waals surface area contributed by atoms with Crippen LogP contribution in [0.4, 0.5) is 11.4 Å². The first-order valence-corrected chi connectivity index (χ1v) is 13.2. The number of likely N-dealkylation sites (tertiary alicyclic amines) is 1. The molecule has 36 heavy (non-hydrogen) atoms. The van der Waals surface area contributed by atoms with Crippen molar-refractivity contribution in [3.63, 3.8) is 0 Å². The lowest BCUT2D eigenvalue weighted by atomic mass is 9.91. The third-order valence-corrected chi connectivity index (χ3v) is 7.90. The summed E-state index contributed by atoms with van der Waals surface area (Å²) in [7, 11) is 1.78. The minimum absolute atomic E-state index is 0.0274. The Morgan fingerprint density at radius 3 is 2.58 bits per heavy atom. The van der Waals surface area contributed by atoms with Crippen molar-refractivity contribution >= 4 is 22.4 Å². The molecule has 3 saturated heterocycles. The highest BCUT2D eigenvalue weighted by atomic mass is 16.5. The van der Waals surface area contributed by atoms with Crippen molar-refractivity contribution in [1.82, 2.24) is 19.8 Å². The van der Waals surface area contributed by atoms with Crippen LogP contribution in [-0.4, -0.2) is 85.6 Å². The lowest BCUT2D eigenvalue weighted by Gasteiger charge is -2.45. The van der Waals surface area contributed by atoms with E-state index < -0.39 is 0 Å². The number of ether oxygens (including phenoxy) is 1. The number of piperazine rings is 1. The van der Waals surface area contributed by atoms with Gasteiger partial charge in [0.25, 0.3) is 5.56 Å². The Kier molecular flexibility index (Phi) is 6.41. The Morgan fingerprint density at radius 1 is 1.03 bits per heavy atom. The molecule has 0 aliphatic carbocycles. The number of aromatic nitrogens is 2. The van der Waals surface area contributed by atoms with E-state index in [1.807, 2.05) is 6.07 Å². The summed E-state index contributed by atoms with van der Waals surface area (Å²) in [6.45, 7) is 11.0. The minimum Gasteiger partial charge on any atom is -0.370 e. The third-order valence-electron chi connectivity index (χ3n) is 7.90. The molecular formula is C28H36N6O2. The fraction of sp³-hybridized carbons (Fsp3) is 0.500. The Labute approximate surface area is 212 Å². The fourth-order valence-electron chi connectivity index (χ4n) is 5.96. The number of hydrogen-bond donors (Lipinski definition) is 1. The van der Waals surface area contributed by atoms with E-state index in [1.54, 1.807) is 23.9 Å². The van der Waals surface area contributed by atoms with Crippen molar-refractivity contribution in [2.24, 2.45) is 7.05 Å². The second-order valence-corrected chi connectivity index (χ2v) is 10.5. The maximum absolute atomic E-state index is 12.6. The van der Waals surface area contributed by atoms with Crippen LogP contribution in [0.1, 0.15) is 18.4 Å². The minimum atomic E-state index is -0.0274. The van der Waals surface area contributed by atoms with Crippen LogP contribution >= 0.6 is 0 Å². The number of nitrogens with one attached hydrogen (secondary N) is 1. The molecule has 190 valence electrons. The fourth-order valence-corrected chi connectivity index (χ4v) is 5.96. The molecule has 2 atom stereocenters. The Morgan fingerprint density at radius 2 is 1.81 bits per heavy atom. The summed E-state index contributed by atoms with van der Waals surface area (Å²) in [5, 5.41) is 4.43. The van der Waals surface area contributed by atoms with Crippen molar-refractivity contribution < 1.29 is 4.74 Å². The van der Waals surface area contributed by atoms with Crippen LogP contribution < -0.4 is 20.7 Å². The van der Waals surface area contributed by atoms with E-state index in [4.69, 9.17) is 4.74 Å². The van der Waals surface area contributed by atoms with Crippen molar-refractivity contribution in [1.29, 1.82) is 0 Å². The second-order valence-electron chi connectivity index (χ2n) is 10.5. The van der Waals surface area contributed by atoms with E-state index in [2.05, 4.69) is 62.3 Å². The van der Waals surface area contributed by atoms with Gasteiger partial charge in [-0.2, -0.15) is 0 Å². The molecule has 0 bridgehead atoms. The molecule has 2 unspecified atom stereocenters. The topological polar surface area (TPSA) is 65.9 Å². The normalized spacial score (nSPS) is 23.7. The van der Waals surface area contributed by atoms with Crippen LogP contribution in [0.5, 0.6) is 0 Å². The van der Waals surface area contributed by atoms with Crippen LogP contribution in [0.25, 0.3) is 11.0 Å². The van der Waals surface area contributed by atoms with Gasteiger partial charge in [0.15, 0.2) is 0 Å². The van der Waals surface area contributed by atoms with Gasteiger partial charge >= 0.3 is 0 Å². The molecule has 8 heteroatoms. The summed E-state index contributed by atoms with van der Waals surface area (Å²) in [6.07, 6.45) is 1.96. The van der Waals surface area contributed by atoms with Crippen LogP contribution in [0.15, 0.2) is 53.5 Å². The predicted octanol–water partition coefficient (Wildman–Crippen LogP) is 2.04. The molecule has 3 aliphatic rings. The maximum Gasteiger partial charge on any atom is 0.253 e. The summed E-state index contributed by atoms with van der Waals surface area (Å²) in [6, 6.07) is 15.0. The van der Waals surface area contributed by atoms with Crippen LogP contribution in [0.2, 0.25) is 0 Å². The van der Waals surface area contributed by atoms with Gasteiger partial charge in [-0.1, -0.05) is 12.1 Å². The van der Waals surface area contributed by atoms with E-state index in [0.717, 1.165) is 75.6 Å². The number of rotatable bonds is 5. The molecule has 2 aromatic heterocycles. The first-order chi connectivity index (χ1) is 17.5. The van der Waals surface area contributed by atoms with Crippen molar-refractivity contribution in [3.8, 4) is 0 Å². The molecule has 1 N–H and O–H groups in total. The largest absolute Gasteiger partial charge is 0.370 e. The number of nitrogens with zero attached hydrogens (tertiary/aromatic N) is 5. The maximum atomic E-state index is 12.6. The average molecular weight is 489 g/mol. The van der Waals surface area contributed by atoms with Crippen molar-refractivity contribution in [2.45, 2.75) is 25.0 Å². The summed E-state index contributed by atoms with van der Waals surface area (Å²) in [4.78, 5) is 24.4. The van der Waals surface area contributed by atoms with Gasteiger partial charge in [0.05, 0.1) is 17.9 Å². The standard InChI is InChI=1S/C28H36N6O2/c1-20-15-34(26-14-27(35)31(2)28-25(26)4-3-9-30-28)19-24(36-20)18-32-16-22(17-32)21-5-7-23(8-6-21)33-12-10-29-11-13-33/h3-9,14,20,22,24,29H,10-13,15-19H2,1-2H3. The van der Waals surface area contributed by atoms with Gasteiger partial charge in [0.1, 0.15) is 5.65 Å². The molecule has 3 aromatic rings. The molecule has 6 rings (SSSR count). The second kappa shape index (κ2) is 9.84. The smallest absolute Gasteiger partial charge is 0.253 e. The van der Waals surface area contributed by atoms with E-state index in [9.17, 15) is 4.79 Å². The molecule has 3 aliphatic heterocycles. The first kappa shape index (κ1) is 23.5. The number of pyridine rings is 2. The van der Waals surface area contributed by atoms with E-state index in [1.165, 1.54) is 11.3 Å². The van der Waals surface area contributed by atoms with Gasteiger partial charge in [-0.25, -0.2) is 4.98 Å². The molecular weight excluding hydrogens is 452 g/mol. The molecule has 1 aromatic carbocycles. The van der Waals surface area contributed by atoms with Gasteiger partial charge in [0, 0.05) is 95.2 Å². The number of aryl methyl sites for hydroxylation is 1. The van der Waals surface area contributed by atoms with Gasteiger partial charge in [0.2, 0.25) is 0 Å². The monoisotopic (exact) mass is 488 g/mol. The van der Waals surface area contributed by atoms with Crippen LogP contribution in [0.3, 0.4) is 0 Å². The lowest BCUT2D eigenvalue weighted by Crippen LogP contribution is -2.55. The average Bonchev–Trinajstić information content (AvgIpc) is 2.88. The lowest BCUT2D eigenvalue weighted by molar-refractivity contribution is -0.0434.